The van der Waals surface area contributed by atoms with Gasteiger partial charge in [-0.05, 0) is 6.07 Å². The highest BCUT2D eigenvalue weighted by atomic mass is 19.4. The van der Waals surface area contributed by atoms with Crippen molar-refractivity contribution in [1.29, 1.82) is 0 Å². The summed E-state index contributed by atoms with van der Waals surface area (Å²) in [7, 11) is 0. The summed E-state index contributed by atoms with van der Waals surface area (Å²) in [5.74, 6) is 0. The molecule has 66 valence electrons. The maximum atomic E-state index is 12.0. The molecule has 1 aromatic rings. The Morgan fingerprint density at radius 2 is 2.00 bits per heavy atom. The highest BCUT2D eigenvalue weighted by Crippen LogP contribution is 2.29. The standard InChI is InChI=1S/C6H5F3N2O/c7-6(8,9)5-4(10)2-1-3-11(5)12/h1-3H,10H2. The van der Waals surface area contributed by atoms with Gasteiger partial charge in [0.25, 0.3) is 0 Å². The summed E-state index contributed by atoms with van der Waals surface area (Å²) in [5.41, 5.74) is 3.03. The van der Waals surface area contributed by atoms with Gasteiger partial charge in [0.2, 0.25) is 0 Å². The fourth-order valence-electron chi connectivity index (χ4n) is 0.794. The van der Waals surface area contributed by atoms with Crippen LogP contribution in [0.3, 0.4) is 0 Å². The van der Waals surface area contributed by atoms with Crippen molar-refractivity contribution in [2.45, 2.75) is 6.18 Å². The van der Waals surface area contributed by atoms with Crippen LogP contribution in [0.15, 0.2) is 18.3 Å². The maximum Gasteiger partial charge on any atom is 0.481 e. The number of rotatable bonds is 0. The molecule has 0 radical (unpaired) electrons. The summed E-state index contributed by atoms with van der Waals surface area (Å²) >= 11 is 0. The zero-order chi connectivity index (χ0) is 9.35. The number of nitrogens with two attached hydrogens (primary N) is 1. The van der Waals surface area contributed by atoms with Gasteiger partial charge in [-0.25, -0.2) is 0 Å². The van der Waals surface area contributed by atoms with Crippen molar-refractivity contribution in [2.75, 3.05) is 5.73 Å². The molecule has 0 saturated heterocycles. The van der Waals surface area contributed by atoms with Gasteiger partial charge in [-0.3, -0.25) is 0 Å². The number of pyridine rings is 1. The summed E-state index contributed by atoms with van der Waals surface area (Å²) < 4.78 is 35.7. The predicted molar refractivity (Wildman–Crippen MR) is 34.8 cm³/mol. The quantitative estimate of drug-likeness (QED) is 0.474. The van der Waals surface area contributed by atoms with Crippen LogP contribution in [0.2, 0.25) is 0 Å². The van der Waals surface area contributed by atoms with E-state index in [2.05, 4.69) is 0 Å². The number of alkyl halides is 3. The fraction of sp³-hybridized carbons (Fsp3) is 0.167. The second-order valence-electron chi connectivity index (χ2n) is 2.14. The average molecular weight is 178 g/mol. The molecule has 3 nitrogen and oxygen atoms in total. The summed E-state index contributed by atoms with van der Waals surface area (Å²) in [6, 6.07) is 2.18. The normalized spacial score (nSPS) is 11.6. The van der Waals surface area contributed by atoms with Crippen LogP contribution in [-0.4, -0.2) is 0 Å². The lowest BCUT2D eigenvalue weighted by Crippen LogP contribution is -2.37. The van der Waals surface area contributed by atoms with E-state index in [4.69, 9.17) is 5.73 Å². The molecule has 0 fully saturated rings. The van der Waals surface area contributed by atoms with Crippen LogP contribution >= 0.6 is 0 Å². The van der Waals surface area contributed by atoms with Crippen molar-refractivity contribution in [3.8, 4) is 0 Å². The lowest BCUT2D eigenvalue weighted by atomic mass is 10.3. The molecule has 0 spiro atoms. The van der Waals surface area contributed by atoms with E-state index in [0.29, 0.717) is 0 Å². The Bertz CT molecular complexity index is 277. The molecule has 0 amide bonds. The second kappa shape index (κ2) is 2.54. The number of hydrogen-bond acceptors (Lipinski definition) is 2. The van der Waals surface area contributed by atoms with Crippen molar-refractivity contribution < 1.29 is 17.9 Å². The molecule has 0 aliphatic heterocycles. The van der Waals surface area contributed by atoms with Gasteiger partial charge < -0.3 is 10.9 Å². The molecule has 1 aromatic heterocycles. The number of anilines is 1. The summed E-state index contributed by atoms with van der Waals surface area (Å²) in [6.07, 6.45) is -3.95. The lowest BCUT2D eigenvalue weighted by molar-refractivity contribution is -0.628. The first-order chi connectivity index (χ1) is 5.43. The Labute approximate surface area is 65.8 Å². The lowest BCUT2D eigenvalue weighted by Gasteiger charge is -2.08. The van der Waals surface area contributed by atoms with E-state index in [0.717, 1.165) is 18.3 Å². The Morgan fingerprint density at radius 1 is 1.42 bits per heavy atom. The minimum Gasteiger partial charge on any atom is -0.618 e. The van der Waals surface area contributed by atoms with Gasteiger partial charge in [-0.2, -0.15) is 17.9 Å². The molecule has 0 unspecified atom stereocenters. The van der Waals surface area contributed by atoms with E-state index in [1.807, 2.05) is 0 Å². The third-order valence-electron chi connectivity index (χ3n) is 1.26. The molecule has 0 aliphatic carbocycles. The van der Waals surface area contributed by atoms with Crippen LogP contribution in [-0.2, 0) is 6.18 Å². The van der Waals surface area contributed by atoms with E-state index in [-0.39, 0.29) is 4.73 Å². The number of nitrogen functional groups attached to an aromatic ring is 1. The number of aromatic nitrogens is 1. The van der Waals surface area contributed by atoms with E-state index in [9.17, 15) is 18.4 Å². The number of hydrogen-bond donors (Lipinski definition) is 1. The molecule has 2 N–H and O–H groups in total. The van der Waals surface area contributed by atoms with E-state index >= 15 is 0 Å². The molecule has 0 bridgehead atoms. The topological polar surface area (TPSA) is 53.0 Å². The van der Waals surface area contributed by atoms with Crippen molar-refractivity contribution >= 4 is 5.69 Å². The van der Waals surface area contributed by atoms with Crippen LogP contribution in [0.4, 0.5) is 18.9 Å². The third-order valence-corrected chi connectivity index (χ3v) is 1.26. The monoisotopic (exact) mass is 178 g/mol. The highest BCUT2D eigenvalue weighted by molar-refractivity contribution is 5.40. The molecule has 0 aromatic carbocycles. The van der Waals surface area contributed by atoms with Gasteiger partial charge in [0.05, 0.1) is 0 Å². The van der Waals surface area contributed by atoms with E-state index in [1.54, 1.807) is 0 Å². The first-order valence-electron chi connectivity index (χ1n) is 2.98. The Kier molecular flexibility index (Phi) is 1.83. The average Bonchev–Trinajstić information content (AvgIpc) is 1.82. The predicted octanol–water partition coefficient (Wildman–Crippen LogP) is 0.921. The first-order valence-corrected chi connectivity index (χ1v) is 2.98. The Morgan fingerprint density at radius 3 is 2.33 bits per heavy atom. The van der Waals surface area contributed by atoms with Crippen molar-refractivity contribution in [2.24, 2.45) is 0 Å². The van der Waals surface area contributed by atoms with Crippen LogP contribution in [0.5, 0.6) is 0 Å². The molecule has 0 atom stereocenters. The first kappa shape index (κ1) is 8.63. The van der Waals surface area contributed by atoms with Gasteiger partial charge in [0.15, 0.2) is 6.20 Å². The van der Waals surface area contributed by atoms with Gasteiger partial charge >= 0.3 is 11.9 Å². The fourth-order valence-corrected chi connectivity index (χ4v) is 0.794. The minimum absolute atomic E-state index is 0.296. The summed E-state index contributed by atoms with van der Waals surface area (Å²) in [6.45, 7) is 0. The van der Waals surface area contributed by atoms with Crippen LogP contribution in [0, 0.1) is 5.21 Å². The summed E-state index contributed by atoms with van der Waals surface area (Å²) in [4.78, 5) is 0. The second-order valence-corrected chi connectivity index (χ2v) is 2.14. The van der Waals surface area contributed by atoms with Crippen LogP contribution in [0.1, 0.15) is 5.69 Å². The van der Waals surface area contributed by atoms with Crippen LogP contribution in [0.25, 0.3) is 0 Å². The van der Waals surface area contributed by atoms with E-state index in [1.165, 1.54) is 0 Å². The molecule has 1 heterocycles. The van der Waals surface area contributed by atoms with Crippen molar-refractivity contribution in [3.63, 3.8) is 0 Å². The zero-order valence-electron chi connectivity index (χ0n) is 5.80. The molecule has 1 rings (SSSR count). The number of halogens is 3. The van der Waals surface area contributed by atoms with Crippen molar-refractivity contribution in [3.05, 3.63) is 29.2 Å². The summed E-state index contributed by atoms with van der Waals surface area (Å²) in [5, 5.41) is 10.6. The number of nitrogens with zero attached hydrogens (tertiary/aromatic N) is 1. The van der Waals surface area contributed by atoms with Gasteiger partial charge in [-0.1, -0.05) is 0 Å². The smallest absolute Gasteiger partial charge is 0.481 e. The van der Waals surface area contributed by atoms with Crippen molar-refractivity contribution in [1.82, 2.24) is 0 Å². The molecule has 0 aliphatic rings. The molecule has 6 heteroatoms. The highest BCUT2D eigenvalue weighted by Gasteiger charge is 2.42. The van der Waals surface area contributed by atoms with Gasteiger partial charge in [0, 0.05) is 6.07 Å². The third kappa shape index (κ3) is 1.41. The molecule has 12 heavy (non-hydrogen) atoms. The molecule has 0 saturated carbocycles. The Balaban J connectivity index is 3.31. The largest absolute Gasteiger partial charge is 0.618 e. The Hall–Kier alpha value is -1.46. The molecular formula is C6H5F3N2O. The van der Waals surface area contributed by atoms with Gasteiger partial charge in [-0.15, -0.1) is 0 Å². The zero-order valence-corrected chi connectivity index (χ0v) is 5.80. The minimum atomic E-state index is -4.70. The van der Waals surface area contributed by atoms with Crippen LogP contribution < -0.4 is 10.5 Å². The molecular weight excluding hydrogens is 173 g/mol. The maximum absolute atomic E-state index is 12.0. The van der Waals surface area contributed by atoms with Gasteiger partial charge in [0.1, 0.15) is 5.69 Å². The SMILES string of the molecule is Nc1ccc[n+]([O-])c1C(F)(F)F. The van der Waals surface area contributed by atoms with E-state index < -0.39 is 17.6 Å².